The Morgan fingerprint density at radius 2 is 2.08 bits per heavy atom. The molecule has 0 saturated carbocycles. The number of nitrogens with zero attached hydrogens (tertiary/aromatic N) is 2. The largest absolute Gasteiger partial charge is 0.504 e. The average Bonchev–Trinajstić information content (AvgIpc) is 3.03. The van der Waals surface area contributed by atoms with Crippen molar-refractivity contribution >= 4 is 35.6 Å². The number of methoxy groups -OCH3 is 1. The zero-order chi connectivity index (χ0) is 16.9. The first-order valence-corrected chi connectivity index (χ1v) is 8.22. The van der Waals surface area contributed by atoms with Crippen LogP contribution >= 0.6 is 24.0 Å². The van der Waals surface area contributed by atoms with E-state index < -0.39 is 0 Å². The number of hydrogen-bond donors (Lipinski definition) is 2. The Hall–Kier alpha value is -1.96. The van der Waals surface area contributed by atoms with Crippen LogP contribution in [0.1, 0.15) is 18.1 Å². The Labute approximate surface area is 165 Å². The Morgan fingerprint density at radius 3 is 2.80 bits per heavy atom. The molecule has 0 amide bonds. The quantitative estimate of drug-likeness (QED) is 0.423. The van der Waals surface area contributed by atoms with Gasteiger partial charge in [-0.2, -0.15) is 0 Å². The number of halogens is 1. The maximum absolute atomic E-state index is 9.90. The third-order valence-electron chi connectivity index (χ3n) is 4.13. The molecule has 134 valence electrons. The van der Waals surface area contributed by atoms with E-state index in [1.165, 1.54) is 11.3 Å². The molecule has 3 rings (SSSR count). The summed E-state index contributed by atoms with van der Waals surface area (Å²) in [7, 11) is 1.54. The van der Waals surface area contributed by atoms with E-state index in [-0.39, 0.29) is 29.7 Å². The molecule has 1 aliphatic heterocycles. The second-order valence-electron chi connectivity index (χ2n) is 5.71. The number of rotatable bonds is 4. The molecule has 0 radical (unpaired) electrons. The summed E-state index contributed by atoms with van der Waals surface area (Å²) in [5.74, 6) is 1.49. The standard InChI is InChI=1S/C19H23N3O2.HI/c1-3-20-19(22-11-10-15-6-4-5-7-16(15)22)21-13-14-8-9-18(24-2)17(23)12-14;/h4-9,12,23H,3,10-11,13H2,1-2H3,(H,20,21);1H. The average molecular weight is 453 g/mol. The lowest BCUT2D eigenvalue weighted by molar-refractivity contribution is 0.373. The van der Waals surface area contributed by atoms with Gasteiger partial charge in [0, 0.05) is 18.8 Å². The molecule has 0 atom stereocenters. The lowest BCUT2D eigenvalue weighted by Gasteiger charge is -2.22. The SMILES string of the molecule is CCNC(=NCc1ccc(OC)c(O)c1)N1CCc2ccccc21.I. The minimum Gasteiger partial charge on any atom is -0.504 e. The van der Waals surface area contributed by atoms with Gasteiger partial charge in [-0.1, -0.05) is 24.3 Å². The van der Waals surface area contributed by atoms with Crippen LogP contribution in [0.15, 0.2) is 47.5 Å². The smallest absolute Gasteiger partial charge is 0.198 e. The summed E-state index contributed by atoms with van der Waals surface area (Å²) in [6.07, 6.45) is 1.03. The first-order chi connectivity index (χ1) is 11.7. The van der Waals surface area contributed by atoms with Crippen LogP contribution in [0.3, 0.4) is 0 Å². The first-order valence-electron chi connectivity index (χ1n) is 8.22. The fourth-order valence-electron chi connectivity index (χ4n) is 2.95. The van der Waals surface area contributed by atoms with Gasteiger partial charge in [-0.3, -0.25) is 0 Å². The number of phenols is 1. The van der Waals surface area contributed by atoms with Crippen molar-refractivity contribution in [1.29, 1.82) is 0 Å². The van der Waals surface area contributed by atoms with E-state index in [4.69, 9.17) is 9.73 Å². The summed E-state index contributed by atoms with van der Waals surface area (Å²) in [5.41, 5.74) is 3.51. The highest BCUT2D eigenvalue weighted by Crippen LogP contribution is 2.28. The van der Waals surface area contributed by atoms with Crippen molar-refractivity contribution in [3.8, 4) is 11.5 Å². The van der Waals surface area contributed by atoms with Gasteiger partial charge in [-0.05, 0) is 42.7 Å². The number of aromatic hydroxyl groups is 1. The molecule has 0 aliphatic carbocycles. The van der Waals surface area contributed by atoms with E-state index in [9.17, 15) is 5.11 Å². The van der Waals surface area contributed by atoms with Crippen LogP contribution < -0.4 is 15.0 Å². The van der Waals surface area contributed by atoms with Crippen molar-refractivity contribution in [2.24, 2.45) is 4.99 Å². The zero-order valence-electron chi connectivity index (χ0n) is 14.5. The maximum atomic E-state index is 9.90. The molecular formula is C19H24IN3O2. The number of benzene rings is 2. The molecule has 0 unspecified atom stereocenters. The van der Waals surface area contributed by atoms with E-state index in [2.05, 4.69) is 41.4 Å². The van der Waals surface area contributed by atoms with Gasteiger partial charge in [0.05, 0.1) is 13.7 Å². The molecule has 0 saturated heterocycles. The van der Waals surface area contributed by atoms with Crippen molar-refractivity contribution in [1.82, 2.24) is 5.32 Å². The van der Waals surface area contributed by atoms with Crippen LogP contribution in [0.5, 0.6) is 11.5 Å². The summed E-state index contributed by atoms with van der Waals surface area (Å²) < 4.78 is 5.08. The lowest BCUT2D eigenvalue weighted by atomic mass is 10.2. The minimum absolute atomic E-state index is 0. The van der Waals surface area contributed by atoms with Crippen LogP contribution in [0.4, 0.5) is 5.69 Å². The van der Waals surface area contributed by atoms with Gasteiger partial charge in [-0.15, -0.1) is 24.0 Å². The highest BCUT2D eigenvalue weighted by molar-refractivity contribution is 14.0. The van der Waals surface area contributed by atoms with Gasteiger partial charge in [0.15, 0.2) is 17.5 Å². The van der Waals surface area contributed by atoms with Crippen LogP contribution in [-0.2, 0) is 13.0 Å². The van der Waals surface area contributed by atoms with Crippen molar-refractivity contribution in [2.75, 3.05) is 25.1 Å². The van der Waals surface area contributed by atoms with E-state index >= 15 is 0 Å². The number of hydrogen-bond acceptors (Lipinski definition) is 3. The van der Waals surface area contributed by atoms with Gasteiger partial charge in [-0.25, -0.2) is 4.99 Å². The third kappa shape index (κ3) is 4.36. The molecule has 2 aromatic rings. The Balaban J connectivity index is 0.00000225. The van der Waals surface area contributed by atoms with Gasteiger partial charge in [0.1, 0.15) is 0 Å². The van der Waals surface area contributed by atoms with Gasteiger partial charge in [0.25, 0.3) is 0 Å². The van der Waals surface area contributed by atoms with E-state index in [0.29, 0.717) is 12.3 Å². The molecular weight excluding hydrogens is 429 g/mol. The van der Waals surface area contributed by atoms with E-state index in [1.807, 2.05) is 6.07 Å². The summed E-state index contributed by atoms with van der Waals surface area (Å²) in [4.78, 5) is 6.97. The highest BCUT2D eigenvalue weighted by atomic mass is 127. The van der Waals surface area contributed by atoms with Gasteiger partial charge in [0.2, 0.25) is 0 Å². The molecule has 2 N–H and O–H groups in total. The fraction of sp³-hybridized carbons (Fsp3) is 0.316. The number of phenolic OH excluding ortho intramolecular Hbond substituents is 1. The number of guanidine groups is 1. The van der Waals surface area contributed by atoms with Crippen LogP contribution in [-0.4, -0.2) is 31.3 Å². The second-order valence-corrected chi connectivity index (χ2v) is 5.71. The predicted molar refractivity (Wildman–Crippen MR) is 112 cm³/mol. The van der Waals surface area contributed by atoms with Crippen LogP contribution in [0.2, 0.25) is 0 Å². The lowest BCUT2D eigenvalue weighted by Crippen LogP contribution is -2.40. The molecule has 1 aliphatic rings. The first kappa shape index (κ1) is 19.4. The number of anilines is 1. The third-order valence-corrected chi connectivity index (χ3v) is 4.13. The van der Waals surface area contributed by atoms with E-state index in [0.717, 1.165) is 31.0 Å². The summed E-state index contributed by atoms with van der Waals surface area (Å²) in [5, 5.41) is 13.3. The van der Waals surface area contributed by atoms with Crippen LogP contribution in [0.25, 0.3) is 0 Å². The summed E-state index contributed by atoms with van der Waals surface area (Å²) >= 11 is 0. The minimum atomic E-state index is 0. The number of para-hydroxylation sites is 1. The zero-order valence-corrected chi connectivity index (χ0v) is 16.9. The van der Waals surface area contributed by atoms with Crippen LogP contribution in [0, 0.1) is 0 Å². The topological polar surface area (TPSA) is 57.1 Å². The normalized spacial score (nSPS) is 13.2. The number of ether oxygens (including phenoxy) is 1. The number of fused-ring (bicyclic) bond motifs is 1. The molecule has 0 fully saturated rings. The monoisotopic (exact) mass is 453 g/mol. The summed E-state index contributed by atoms with van der Waals surface area (Å²) in [6.45, 7) is 4.31. The molecule has 1 heterocycles. The Morgan fingerprint density at radius 1 is 1.28 bits per heavy atom. The Kier molecular flexibility index (Phi) is 6.92. The van der Waals surface area contributed by atoms with Crippen molar-refractivity contribution in [3.63, 3.8) is 0 Å². The Bertz CT molecular complexity index is 749. The molecule has 0 bridgehead atoms. The van der Waals surface area contributed by atoms with Crippen molar-refractivity contribution in [2.45, 2.75) is 19.9 Å². The maximum Gasteiger partial charge on any atom is 0.198 e. The number of aliphatic imine (C=N–C) groups is 1. The fourth-order valence-corrected chi connectivity index (χ4v) is 2.95. The molecule has 5 nitrogen and oxygen atoms in total. The molecule has 0 aromatic heterocycles. The molecule has 25 heavy (non-hydrogen) atoms. The van der Waals surface area contributed by atoms with E-state index in [1.54, 1.807) is 19.2 Å². The van der Waals surface area contributed by atoms with Crippen molar-refractivity contribution in [3.05, 3.63) is 53.6 Å². The number of nitrogens with one attached hydrogen (secondary N) is 1. The molecule has 2 aromatic carbocycles. The van der Waals surface area contributed by atoms with Crippen molar-refractivity contribution < 1.29 is 9.84 Å². The molecule has 6 heteroatoms. The second kappa shape index (κ2) is 8.94. The summed E-state index contributed by atoms with van der Waals surface area (Å²) in [6, 6.07) is 13.8. The van der Waals surface area contributed by atoms with Gasteiger partial charge < -0.3 is 20.1 Å². The molecule has 0 spiro atoms. The highest BCUT2D eigenvalue weighted by Gasteiger charge is 2.22. The predicted octanol–water partition coefficient (Wildman–Crippen LogP) is 3.55. The van der Waals surface area contributed by atoms with Gasteiger partial charge >= 0.3 is 0 Å².